The van der Waals surface area contributed by atoms with Crippen molar-refractivity contribution in [1.29, 1.82) is 0 Å². The van der Waals surface area contributed by atoms with Gasteiger partial charge in [-0.3, -0.25) is 14.8 Å². The van der Waals surface area contributed by atoms with Gasteiger partial charge in [0, 0.05) is 49.7 Å². The number of aryl methyl sites for hydroxylation is 2. The van der Waals surface area contributed by atoms with E-state index < -0.39 is 0 Å². The maximum absolute atomic E-state index is 11.4. The number of hydrogen-bond donors (Lipinski definition) is 1. The maximum atomic E-state index is 11.4. The van der Waals surface area contributed by atoms with Crippen LogP contribution in [0.25, 0.3) is 0 Å². The monoisotopic (exact) mass is 326 g/mol. The number of carbonyl (C=O) groups is 1. The summed E-state index contributed by atoms with van der Waals surface area (Å²) in [6.45, 7) is 11.1. The zero-order valence-electron chi connectivity index (χ0n) is 14.8. The normalized spacial score (nSPS) is 15.7. The Bertz CT molecular complexity index is 677. The molecule has 5 heteroatoms. The van der Waals surface area contributed by atoms with E-state index >= 15 is 0 Å². The summed E-state index contributed by atoms with van der Waals surface area (Å²) < 4.78 is 0. The van der Waals surface area contributed by atoms with Crippen LogP contribution in [0.4, 0.5) is 5.69 Å². The van der Waals surface area contributed by atoms with E-state index in [0.29, 0.717) is 0 Å². The summed E-state index contributed by atoms with van der Waals surface area (Å²) in [6, 6.07) is 7.97. The molecule has 0 saturated carbocycles. The molecule has 1 aromatic carbocycles. The second-order valence-corrected chi connectivity index (χ2v) is 6.59. The zero-order chi connectivity index (χ0) is 17.1. The first kappa shape index (κ1) is 16.7. The molecule has 5 nitrogen and oxygen atoms in total. The van der Waals surface area contributed by atoms with E-state index in [-0.39, 0.29) is 5.78 Å². The molecule has 0 bridgehead atoms. The summed E-state index contributed by atoms with van der Waals surface area (Å²) in [4.78, 5) is 16.3. The largest absolute Gasteiger partial charge is 0.369 e. The number of aromatic amines is 1. The number of anilines is 1. The number of ketones is 1. The van der Waals surface area contributed by atoms with E-state index in [1.807, 2.05) is 12.1 Å². The second kappa shape index (κ2) is 7.18. The SMILES string of the molecule is CC(=O)c1ccc(N2CCN(CCc3c(C)n[nH]c3C)CC2)cc1. The van der Waals surface area contributed by atoms with Gasteiger partial charge in [-0.25, -0.2) is 0 Å². The van der Waals surface area contributed by atoms with Crippen molar-refractivity contribution in [2.75, 3.05) is 37.6 Å². The average Bonchev–Trinajstić information content (AvgIpc) is 2.92. The number of carbonyl (C=O) groups excluding carboxylic acids is 1. The number of rotatable bonds is 5. The number of hydrogen-bond acceptors (Lipinski definition) is 4. The molecule has 3 rings (SSSR count). The molecule has 0 aliphatic carbocycles. The van der Waals surface area contributed by atoms with Crippen LogP contribution in [-0.2, 0) is 6.42 Å². The first-order chi connectivity index (χ1) is 11.5. The van der Waals surface area contributed by atoms with Gasteiger partial charge in [0.1, 0.15) is 0 Å². The Labute approximate surface area is 143 Å². The molecule has 128 valence electrons. The fourth-order valence-electron chi connectivity index (χ4n) is 3.35. The Hall–Kier alpha value is -2.14. The van der Waals surface area contributed by atoms with Gasteiger partial charge >= 0.3 is 0 Å². The Balaban J connectivity index is 1.51. The van der Waals surface area contributed by atoms with Crippen molar-refractivity contribution in [1.82, 2.24) is 15.1 Å². The lowest BCUT2D eigenvalue weighted by Crippen LogP contribution is -2.47. The van der Waals surface area contributed by atoms with Crippen LogP contribution in [0.3, 0.4) is 0 Å². The van der Waals surface area contributed by atoms with Crippen LogP contribution in [0, 0.1) is 13.8 Å². The van der Waals surface area contributed by atoms with Crippen molar-refractivity contribution in [3.8, 4) is 0 Å². The van der Waals surface area contributed by atoms with E-state index in [1.165, 1.54) is 16.9 Å². The van der Waals surface area contributed by atoms with Crippen molar-refractivity contribution in [3.05, 3.63) is 46.8 Å². The van der Waals surface area contributed by atoms with Crippen molar-refractivity contribution in [2.24, 2.45) is 0 Å². The highest BCUT2D eigenvalue weighted by molar-refractivity contribution is 5.94. The van der Waals surface area contributed by atoms with Crippen LogP contribution in [0.15, 0.2) is 24.3 Å². The lowest BCUT2D eigenvalue weighted by atomic mass is 10.1. The number of Topliss-reactive ketones (excluding diaryl/α,β-unsaturated/α-hetero) is 1. The minimum atomic E-state index is 0.121. The number of piperazine rings is 1. The third-order valence-corrected chi connectivity index (χ3v) is 4.97. The van der Waals surface area contributed by atoms with Gasteiger partial charge in [0.15, 0.2) is 5.78 Å². The van der Waals surface area contributed by atoms with E-state index in [2.05, 4.69) is 46.0 Å². The van der Waals surface area contributed by atoms with Crippen LogP contribution in [-0.4, -0.2) is 53.6 Å². The predicted molar refractivity (Wildman–Crippen MR) is 96.9 cm³/mol. The van der Waals surface area contributed by atoms with Gasteiger partial charge in [-0.1, -0.05) is 0 Å². The van der Waals surface area contributed by atoms with Crippen molar-refractivity contribution in [2.45, 2.75) is 27.2 Å². The molecule has 1 fully saturated rings. The molecule has 0 radical (unpaired) electrons. The first-order valence-corrected chi connectivity index (χ1v) is 8.63. The fourth-order valence-corrected chi connectivity index (χ4v) is 3.35. The molecule has 1 N–H and O–H groups in total. The summed E-state index contributed by atoms with van der Waals surface area (Å²) in [7, 11) is 0. The lowest BCUT2D eigenvalue weighted by molar-refractivity contribution is 0.101. The van der Waals surface area contributed by atoms with Crippen molar-refractivity contribution in [3.63, 3.8) is 0 Å². The highest BCUT2D eigenvalue weighted by atomic mass is 16.1. The molecule has 1 aliphatic heterocycles. The molecule has 1 saturated heterocycles. The molecule has 0 amide bonds. The van der Waals surface area contributed by atoms with Crippen LogP contribution >= 0.6 is 0 Å². The molecular weight excluding hydrogens is 300 g/mol. The smallest absolute Gasteiger partial charge is 0.159 e. The quantitative estimate of drug-likeness (QED) is 0.858. The van der Waals surface area contributed by atoms with Crippen molar-refractivity contribution >= 4 is 11.5 Å². The number of H-pyrrole nitrogens is 1. The molecule has 1 aromatic heterocycles. The molecule has 2 heterocycles. The standard InChI is InChI=1S/C19H26N4O/c1-14-19(15(2)21-20-14)8-9-22-10-12-23(13-11-22)18-6-4-17(5-7-18)16(3)24/h4-7H,8-13H2,1-3H3,(H,20,21). The van der Waals surface area contributed by atoms with E-state index in [4.69, 9.17) is 0 Å². The number of aromatic nitrogens is 2. The summed E-state index contributed by atoms with van der Waals surface area (Å²) in [6.07, 6.45) is 1.06. The number of benzene rings is 1. The Morgan fingerprint density at radius 2 is 1.79 bits per heavy atom. The molecule has 0 atom stereocenters. The van der Waals surface area contributed by atoms with Crippen LogP contribution in [0.1, 0.15) is 34.2 Å². The molecule has 0 unspecified atom stereocenters. The summed E-state index contributed by atoms with van der Waals surface area (Å²) in [5.41, 5.74) is 5.66. The molecule has 1 aliphatic rings. The number of nitrogens with zero attached hydrogens (tertiary/aromatic N) is 3. The van der Waals surface area contributed by atoms with Gasteiger partial charge in [-0.2, -0.15) is 5.10 Å². The minimum Gasteiger partial charge on any atom is -0.369 e. The van der Waals surface area contributed by atoms with E-state index in [9.17, 15) is 4.79 Å². The van der Waals surface area contributed by atoms with Gasteiger partial charge in [0.05, 0.1) is 5.69 Å². The number of nitrogens with one attached hydrogen (secondary N) is 1. The average molecular weight is 326 g/mol. The zero-order valence-corrected chi connectivity index (χ0v) is 14.8. The van der Waals surface area contributed by atoms with Crippen LogP contribution in [0.5, 0.6) is 0 Å². The lowest BCUT2D eigenvalue weighted by Gasteiger charge is -2.36. The Morgan fingerprint density at radius 1 is 1.12 bits per heavy atom. The molecule has 2 aromatic rings. The minimum absolute atomic E-state index is 0.121. The maximum Gasteiger partial charge on any atom is 0.159 e. The van der Waals surface area contributed by atoms with Gasteiger partial charge in [-0.15, -0.1) is 0 Å². The summed E-state index contributed by atoms with van der Waals surface area (Å²) in [5.74, 6) is 0.121. The summed E-state index contributed by atoms with van der Waals surface area (Å²) in [5, 5.41) is 7.34. The molecular formula is C19H26N4O. The van der Waals surface area contributed by atoms with E-state index in [1.54, 1.807) is 6.92 Å². The molecule has 0 spiro atoms. The highest BCUT2D eigenvalue weighted by Gasteiger charge is 2.18. The van der Waals surface area contributed by atoms with Gasteiger partial charge in [0.2, 0.25) is 0 Å². The van der Waals surface area contributed by atoms with Crippen molar-refractivity contribution < 1.29 is 4.79 Å². The second-order valence-electron chi connectivity index (χ2n) is 6.59. The fraction of sp³-hybridized carbons (Fsp3) is 0.474. The topological polar surface area (TPSA) is 52.2 Å². The third-order valence-electron chi connectivity index (χ3n) is 4.97. The third kappa shape index (κ3) is 3.67. The Kier molecular flexibility index (Phi) is 5.00. The highest BCUT2D eigenvalue weighted by Crippen LogP contribution is 2.18. The van der Waals surface area contributed by atoms with Crippen LogP contribution < -0.4 is 4.90 Å². The Morgan fingerprint density at radius 3 is 2.33 bits per heavy atom. The van der Waals surface area contributed by atoms with E-state index in [0.717, 1.165) is 50.4 Å². The molecule has 24 heavy (non-hydrogen) atoms. The van der Waals surface area contributed by atoms with Gasteiger partial charge < -0.3 is 4.90 Å². The van der Waals surface area contributed by atoms with Crippen LogP contribution in [0.2, 0.25) is 0 Å². The summed E-state index contributed by atoms with van der Waals surface area (Å²) >= 11 is 0. The predicted octanol–water partition coefficient (Wildman–Crippen LogP) is 2.59. The van der Waals surface area contributed by atoms with Gasteiger partial charge in [-0.05, 0) is 57.0 Å². The first-order valence-electron chi connectivity index (χ1n) is 8.63. The van der Waals surface area contributed by atoms with Gasteiger partial charge in [0.25, 0.3) is 0 Å².